The number of aromatic hydroxyl groups is 1. The van der Waals surface area contributed by atoms with Gasteiger partial charge in [-0.25, -0.2) is 4.98 Å². The average Bonchev–Trinajstić information content (AvgIpc) is 2.99. The molecule has 1 saturated carbocycles. The highest BCUT2D eigenvalue weighted by Gasteiger charge is 2.30. The third-order valence-electron chi connectivity index (χ3n) is 3.16. The second-order valence-corrected chi connectivity index (χ2v) is 4.88. The van der Waals surface area contributed by atoms with Crippen molar-refractivity contribution in [3.05, 3.63) is 24.0 Å². The molecule has 1 heterocycles. The van der Waals surface area contributed by atoms with E-state index in [2.05, 4.69) is 23.4 Å². The lowest BCUT2D eigenvalue weighted by atomic mass is 10.2. The third kappa shape index (κ3) is 1.39. The summed E-state index contributed by atoms with van der Waals surface area (Å²) >= 11 is 0. The molecule has 84 valence electrons. The van der Waals surface area contributed by atoms with Gasteiger partial charge in [0, 0.05) is 18.0 Å². The first-order valence-corrected chi connectivity index (χ1v) is 5.87. The minimum atomic E-state index is 0.316. The number of fused-ring (bicyclic) bond motifs is 1. The van der Waals surface area contributed by atoms with Crippen molar-refractivity contribution >= 4 is 11.0 Å². The van der Waals surface area contributed by atoms with Gasteiger partial charge >= 0.3 is 0 Å². The molecule has 1 aromatic carbocycles. The number of aromatic nitrogens is 2. The van der Waals surface area contributed by atoms with Crippen LogP contribution in [0.15, 0.2) is 18.2 Å². The van der Waals surface area contributed by atoms with Crippen molar-refractivity contribution in [2.75, 3.05) is 0 Å². The molecule has 2 aromatic rings. The number of phenolic OH excluding ortho intramolecular Hbond substituents is 1. The molecule has 0 atom stereocenters. The van der Waals surface area contributed by atoms with E-state index in [4.69, 9.17) is 0 Å². The van der Waals surface area contributed by atoms with Crippen LogP contribution in [0.4, 0.5) is 0 Å². The molecular formula is C13H16N2O. The van der Waals surface area contributed by atoms with Crippen LogP contribution in [0, 0.1) is 0 Å². The lowest BCUT2D eigenvalue weighted by Gasteiger charge is -2.12. The van der Waals surface area contributed by atoms with E-state index < -0.39 is 0 Å². The fourth-order valence-corrected chi connectivity index (χ4v) is 2.27. The molecule has 16 heavy (non-hydrogen) atoms. The largest absolute Gasteiger partial charge is 0.508 e. The van der Waals surface area contributed by atoms with Crippen molar-refractivity contribution in [2.45, 2.75) is 38.6 Å². The maximum atomic E-state index is 9.56. The Hall–Kier alpha value is -1.51. The molecule has 3 heteroatoms. The lowest BCUT2D eigenvalue weighted by Crippen LogP contribution is -2.05. The van der Waals surface area contributed by atoms with Crippen LogP contribution >= 0.6 is 0 Å². The van der Waals surface area contributed by atoms with Crippen LogP contribution in [0.1, 0.15) is 44.5 Å². The Bertz CT molecular complexity index is 538. The molecule has 1 aliphatic rings. The van der Waals surface area contributed by atoms with Gasteiger partial charge in [0.05, 0.1) is 11.0 Å². The SMILES string of the molecule is CC(C)n1c(C2CC2)nc2ccc(O)cc21. The Morgan fingerprint density at radius 2 is 2.12 bits per heavy atom. The van der Waals surface area contributed by atoms with Crippen molar-refractivity contribution in [1.29, 1.82) is 0 Å². The number of hydrogen-bond donors (Lipinski definition) is 1. The molecule has 1 aliphatic carbocycles. The molecule has 0 radical (unpaired) electrons. The monoisotopic (exact) mass is 216 g/mol. The van der Waals surface area contributed by atoms with E-state index in [1.165, 1.54) is 18.7 Å². The zero-order valence-corrected chi connectivity index (χ0v) is 9.64. The van der Waals surface area contributed by atoms with Gasteiger partial charge in [0.15, 0.2) is 0 Å². The van der Waals surface area contributed by atoms with Gasteiger partial charge in [-0.2, -0.15) is 0 Å². The standard InChI is InChI=1S/C13H16N2O/c1-8(2)15-12-7-10(16)5-6-11(12)14-13(15)9-3-4-9/h5-9,16H,3-4H2,1-2H3. The van der Waals surface area contributed by atoms with E-state index in [0.717, 1.165) is 11.0 Å². The van der Waals surface area contributed by atoms with E-state index in [1.54, 1.807) is 6.07 Å². The predicted octanol–water partition coefficient (Wildman–Crippen LogP) is 3.20. The van der Waals surface area contributed by atoms with Crippen molar-refractivity contribution in [2.24, 2.45) is 0 Å². The highest BCUT2D eigenvalue weighted by molar-refractivity contribution is 5.78. The Labute approximate surface area is 94.7 Å². The summed E-state index contributed by atoms with van der Waals surface area (Å²) in [6, 6.07) is 5.81. The van der Waals surface area contributed by atoms with Gasteiger partial charge in [-0.15, -0.1) is 0 Å². The smallest absolute Gasteiger partial charge is 0.117 e. The van der Waals surface area contributed by atoms with E-state index in [1.807, 2.05) is 12.1 Å². The van der Waals surface area contributed by atoms with E-state index in [0.29, 0.717) is 17.7 Å². The number of hydrogen-bond acceptors (Lipinski definition) is 2. The molecule has 1 fully saturated rings. The summed E-state index contributed by atoms with van der Waals surface area (Å²) in [6.07, 6.45) is 2.50. The van der Waals surface area contributed by atoms with Gasteiger partial charge in [-0.1, -0.05) is 0 Å². The van der Waals surface area contributed by atoms with Crippen molar-refractivity contribution in [3.8, 4) is 5.75 Å². The summed E-state index contributed by atoms with van der Waals surface area (Å²) in [5.41, 5.74) is 2.05. The minimum absolute atomic E-state index is 0.316. The summed E-state index contributed by atoms with van der Waals surface area (Å²) in [4.78, 5) is 4.69. The predicted molar refractivity (Wildman–Crippen MR) is 63.8 cm³/mol. The number of nitrogens with zero attached hydrogens (tertiary/aromatic N) is 2. The fraction of sp³-hybridized carbons (Fsp3) is 0.462. The summed E-state index contributed by atoms with van der Waals surface area (Å²) in [5.74, 6) is 2.14. The molecule has 0 unspecified atom stereocenters. The van der Waals surface area contributed by atoms with Gasteiger partial charge in [-0.05, 0) is 38.8 Å². The van der Waals surface area contributed by atoms with Gasteiger partial charge in [0.1, 0.15) is 11.6 Å². The molecule has 0 bridgehead atoms. The van der Waals surface area contributed by atoms with E-state index in [9.17, 15) is 5.11 Å². The Morgan fingerprint density at radius 3 is 2.75 bits per heavy atom. The van der Waals surface area contributed by atoms with Gasteiger partial charge in [0.25, 0.3) is 0 Å². The van der Waals surface area contributed by atoms with Crippen LogP contribution in [0.25, 0.3) is 11.0 Å². The number of imidazole rings is 1. The van der Waals surface area contributed by atoms with Crippen LogP contribution in [0.5, 0.6) is 5.75 Å². The minimum Gasteiger partial charge on any atom is -0.508 e. The Balaban J connectivity index is 2.29. The van der Waals surface area contributed by atoms with Crippen LogP contribution in [-0.4, -0.2) is 14.7 Å². The van der Waals surface area contributed by atoms with Crippen molar-refractivity contribution in [3.63, 3.8) is 0 Å². The van der Waals surface area contributed by atoms with Gasteiger partial charge < -0.3 is 9.67 Å². The zero-order valence-electron chi connectivity index (χ0n) is 9.64. The van der Waals surface area contributed by atoms with Gasteiger partial charge in [0.2, 0.25) is 0 Å². The van der Waals surface area contributed by atoms with Crippen molar-refractivity contribution in [1.82, 2.24) is 9.55 Å². The Kier molecular flexibility index (Phi) is 1.96. The normalized spacial score (nSPS) is 16.2. The van der Waals surface area contributed by atoms with Crippen LogP contribution in [-0.2, 0) is 0 Å². The molecular weight excluding hydrogens is 200 g/mol. The highest BCUT2D eigenvalue weighted by atomic mass is 16.3. The van der Waals surface area contributed by atoms with Gasteiger partial charge in [-0.3, -0.25) is 0 Å². The lowest BCUT2D eigenvalue weighted by molar-refractivity contribution is 0.475. The second kappa shape index (κ2) is 3.24. The fourth-order valence-electron chi connectivity index (χ4n) is 2.27. The third-order valence-corrected chi connectivity index (χ3v) is 3.16. The number of benzene rings is 1. The highest BCUT2D eigenvalue weighted by Crippen LogP contribution is 2.42. The first-order chi connectivity index (χ1) is 7.66. The van der Waals surface area contributed by atoms with Crippen LogP contribution < -0.4 is 0 Å². The van der Waals surface area contributed by atoms with E-state index >= 15 is 0 Å². The Morgan fingerprint density at radius 1 is 1.38 bits per heavy atom. The maximum absolute atomic E-state index is 9.56. The zero-order chi connectivity index (χ0) is 11.3. The van der Waals surface area contributed by atoms with Crippen LogP contribution in [0.2, 0.25) is 0 Å². The summed E-state index contributed by atoms with van der Waals surface area (Å²) in [6.45, 7) is 4.33. The molecule has 0 amide bonds. The maximum Gasteiger partial charge on any atom is 0.117 e. The van der Waals surface area contributed by atoms with Crippen molar-refractivity contribution < 1.29 is 5.11 Å². The molecule has 1 N–H and O–H groups in total. The summed E-state index contributed by atoms with van der Waals surface area (Å²) in [7, 11) is 0. The first kappa shape index (κ1) is 9.70. The molecule has 0 aliphatic heterocycles. The van der Waals surface area contributed by atoms with E-state index in [-0.39, 0.29) is 0 Å². The molecule has 0 spiro atoms. The number of phenols is 1. The quantitative estimate of drug-likeness (QED) is 0.837. The topological polar surface area (TPSA) is 38.0 Å². The molecule has 3 rings (SSSR count). The average molecular weight is 216 g/mol. The number of rotatable bonds is 2. The molecule has 3 nitrogen and oxygen atoms in total. The summed E-state index contributed by atoms with van der Waals surface area (Å²) in [5, 5.41) is 9.56. The first-order valence-electron chi connectivity index (χ1n) is 5.87. The summed E-state index contributed by atoms with van der Waals surface area (Å²) < 4.78 is 2.26. The molecule has 0 saturated heterocycles. The van der Waals surface area contributed by atoms with Crippen LogP contribution in [0.3, 0.4) is 0 Å². The molecule has 1 aromatic heterocycles. The second-order valence-electron chi connectivity index (χ2n) is 4.88.